The second-order valence-corrected chi connectivity index (χ2v) is 5.45. The normalized spacial score (nSPS) is 15.2. The Labute approximate surface area is 115 Å². The van der Waals surface area contributed by atoms with Gasteiger partial charge in [-0.3, -0.25) is 4.79 Å². The molecule has 2 rings (SSSR count). The molecule has 1 aliphatic rings. The van der Waals surface area contributed by atoms with Crippen LogP contribution in [0.1, 0.15) is 12.8 Å². The van der Waals surface area contributed by atoms with Crippen LogP contribution in [0.2, 0.25) is 0 Å². The molecule has 0 radical (unpaired) electrons. The molecule has 1 aromatic carbocycles. The van der Waals surface area contributed by atoms with E-state index in [-0.39, 0.29) is 6.42 Å². The largest absolute Gasteiger partial charge is 0.481 e. The zero-order valence-electron chi connectivity index (χ0n) is 10.4. The van der Waals surface area contributed by atoms with E-state index in [0.29, 0.717) is 6.54 Å². The molecule has 4 nitrogen and oxygen atoms in total. The fraction of sp³-hybridized carbons (Fsp3) is 0.462. The lowest BCUT2D eigenvalue weighted by molar-refractivity contribution is -0.136. The fourth-order valence-electron chi connectivity index (χ4n) is 2.27. The third-order valence-electron chi connectivity index (χ3n) is 3.21. The van der Waals surface area contributed by atoms with Crippen LogP contribution >= 0.6 is 15.9 Å². The van der Waals surface area contributed by atoms with Crippen molar-refractivity contribution in [2.45, 2.75) is 12.8 Å². The minimum atomic E-state index is -0.744. The minimum Gasteiger partial charge on any atom is -0.481 e. The van der Waals surface area contributed by atoms with Gasteiger partial charge in [-0.25, -0.2) is 0 Å². The van der Waals surface area contributed by atoms with Gasteiger partial charge in [0.2, 0.25) is 0 Å². The van der Waals surface area contributed by atoms with Crippen LogP contribution in [-0.2, 0) is 4.79 Å². The molecule has 1 aromatic rings. The highest BCUT2D eigenvalue weighted by Gasteiger charge is 2.18. The van der Waals surface area contributed by atoms with E-state index in [1.165, 1.54) is 0 Å². The Morgan fingerprint density at radius 2 is 2.17 bits per heavy atom. The van der Waals surface area contributed by atoms with Crippen LogP contribution in [0.3, 0.4) is 0 Å². The average Bonchev–Trinajstić information content (AvgIpc) is 2.47. The molecule has 1 N–H and O–H groups in total. The predicted molar refractivity (Wildman–Crippen MR) is 76.5 cm³/mol. The van der Waals surface area contributed by atoms with Crippen LogP contribution in [0, 0.1) is 0 Å². The van der Waals surface area contributed by atoms with Crippen LogP contribution in [0.25, 0.3) is 0 Å². The molecule has 0 spiro atoms. The lowest BCUT2D eigenvalue weighted by Crippen LogP contribution is -2.26. The summed E-state index contributed by atoms with van der Waals surface area (Å²) < 4.78 is 1.05. The molecule has 98 valence electrons. The van der Waals surface area contributed by atoms with E-state index in [4.69, 9.17) is 5.11 Å². The van der Waals surface area contributed by atoms with E-state index in [1.807, 2.05) is 6.07 Å². The number of nitrogens with zero attached hydrogens (tertiary/aromatic N) is 2. The first kappa shape index (κ1) is 13.2. The van der Waals surface area contributed by atoms with Crippen molar-refractivity contribution in [3.05, 3.63) is 22.7 Å². The van der Waals surface area contributed by atoms with Gasteiger partial charge in [-0.1, -0.05) is 15.9 Å². The maximum absolute atomic E-state index is 10.7. The van der Waals surface area contributed by atoms with Crippen LogP contribution in [-0.4, -0.2) is 37.8 Å². The van der Waals surface area contributed by atoms with Gasteiger partial charge in [0.15, 0.2) is 0 Å². The summed E-state index contributed by atoms with van der Waals surface area (Å²) in [4.78, 5) is 15.1. The van der Waals surface area contributed by atoms with E-state index in [9.17, 15) is 4.79 Å². The van der Waals surface area contributed by atoms with E-state index < -0.39 is 5.97 Å². The Morgan fingerprint density at radius 3 is 2.89 bits per heavy atom. The van der Waals surface area contributed by atoms with Crippen molar-refractivity contribution in [3.8, 4) is 0 Å². The Hall–Kier alpha value is -1.23. The smallest absolute Gasteiger partial charge is 0.305 e. The van der Waals surface area contributed by atoms with Gasteiger partial charge in [-0.15, -0.1) is 0 Å². The standard InChI is InChI=1S/C13H17BrN2O2/c1-15-6-2-7-16(8-5-13(17)18)11-4-3-10(14)9-12(11)15/h3-4,9H,2,5-8H2,1H3,(H,17,18). The van der Waals surface area contributed by atoms with Gasteiger partial charge >= 0.3 is 5.97 Å². The van der Waals surface area contributed by atoms with Crippen LogP contribution < -0.4 is 9.80 Å². The van der Waals surface area contributed by atoms with E-state index in [1.54, 1.807) is 0 Å². The van der Waals surface area contributed by atoms with Gasteiger partial charge < -0.3 is 14.9 Å². The minimum absolute atomic E-state index is 0.180. The van der Waals surface area contributed by atoms with Gasteiger partial charge in [0.05, 0.1) is 17.8 Å². The summed E-state index contributed by atoms with van der Waals surface area (Å²) in [5.74, 6) is -0.744. The fourth-order valence-corrected chi connectivity index (χ4v) is 2.62. The molecular formula is C13H17BrN2O2. The van der Waals surface area contributed by atoms with Gasteiger partial charge in [0, 0.05) is 31.2 Å². The number of hydrogen-bond acceptors (Lipinski definition) is 3. The quantitative estimate of drug-likeness (QED) is 0.931. The molecule has 0 saturated heterocycles. The second kappa shape index (κ2) is 5.61. The number of rotatable bonds is 3. The highest BCUT2D eigenvalue weighted by atomic mass is 79.9. The summed E-state index contributed by atoms with van der Waals surface area (Å²) in [6, 6.07) is 6.16. The highest BCUT2D eigenvalue weighted by molar-refractivity contribution is 9.10. The van der Waals surface area contributed by atoms with E-state index in [0.717, 1.165) is 35.4 Å². The summed E-state index contributed by atoms with van der Waals surface area (Å²) >= 11 is 3.49. The third-order valence-corrected chi connectivity index (χ3v) is 3.70. The number of hydrogen-bond donors (Lipinski definition) is 1. The van der Waals surface area contributed by atoms with Gasteiger partial charge in [-0.05, 0) is 24.6 Å². The highest BCUT2D eigenvalue weighted by Crippen LogP contribution is 2.34. The Kier molecular flexibility index (Phi) is 4.11. The molecule has 0 saturated carbocycles. The number of benzene rings is 1. The van der Waals surface area contributed by atoms with Crippen molar-refractivity contribution in [2.24, 2.45) is 0 Å². The Morgan fingerprint density at radius 1 is 1.39 bits per heavy atom. The topological polar surface area (TPSA) is 43.8 Å². The SMILES string of the molecule is CN1CCCN(CCC(=O)O)c2ccc(Br)cc21. The van der Waals surface area contributed by atoms with Crippen molar-refractivity contribution < 1.29 is 9.90 Å². The molecule has 1 aliphatic heterocycles. The first-order chi connectivity index (χ1) is 8.58. The molecule has 5 heteroatoms. The molecule has 0 aliphatic carbocycles. The maximum Gasteiger partial charge on any atom is 0.305 e. The number of fused-ring (bicyclic) bond motifs is 1. The molecule has 18 heavy (non-hydrogen) atoms. The zero-order chi connectivity index (χ0) is 13.1. The van der Waals surface area contributed by atoms with Gasteiger partial charge in [-0.2, -0.15) is 0 Å². The van der Waals surface area contributed by atoms with E-state index >= 15 is 0 Å². The number of halogens is 1. The van der Waals surface area contributed by atoms with Crippen LogP contribution in [0.5, 0.6) is 0 Å². The average molecular weight is 313 g/mol. The zero-order valence-corrected chi connectivity index (χ0v) is 12.0. The van der Waals surface area contributed by atoms with Crippen molar-refractivity contribution in [1.82, 2.24) is 0 Å². The number of carboxylic acids is 1. The lowest BCUT2D eigenvalue weighted by Gasteiger charge is -2.25. The number of carboxylic acid groups (broad SMARTS) is 1. The van der Waals surface area contributed by atoms with Gasteiger partial charge in [0.1, 0.15) is 0 Å². The second-order valence-electron chi connectivity index (χ2n) is 4.54. The summed E-state index contributed by atoms with van der Waals surface area (Å²) in [6.45, 7) is 2.47. The summed E-state index contributed by atoms with van der Waals surface area (Å²) in [5.41, 5.74) is 2.28. The molecule has 0 fully saturated rings. The molecule has 0 unspecified atom stereocenters. The van der Waals surface area contributed by atoms with E-state index in [2.05, 4.69) is 44.9 Å². The van der Waals surface area contributed by atoms with Crippen LogP contribution in [0.4, 0.5) is 11.4 Å². The number of carbonyl (C=O) groups is 1. The predicted octanol–water partition coefficient (Wildman–Crippen LogP) is 2.57. The van der Waals surface area contributed by atoms with Crippen molar-refractivity contribution in [3.63, 3.8) is 0 Å². The summed E-state index contributed by atoms with van der Waals surface area (Å²) in [7, 11) is 2.08. The monoisotopic (exact) mass is 312 g/mol. The lowest BCUT2D eigenvalue weighted by atomic mass is 10.2. The van der Waals surface area contributed by atoms with Crippen molar-refractivity contribution >= 4 is 33.3 Å². The number of aliphatic carboxylic acids is 1. The third kappa shape index (κ3) is 2.96. The first-order valence-corrected chi connectivity index (χ1v) is 6.84. The summed E-state index contributed by atoms with van der Waals surface area (Å²) in [6.07, 6.45) is 1.22. The Balaban J connectivity index is 2.28. The van der Waals surface area contributed by atoms with Crippen molar-refractivity contribution in [1.29, 1.82) is 0 Å². The maximum atomic E-state index is 10.7. The summed E-state index contributed by atoms with van der Waals surface area (Å²) in [5, 5.41) is 8.81. The molecule has 0 amide bonds. The molecule has 0 aromatic heterocycles. The molecule has 0 bridgehead atoms. The van der Waals surface area contributed by atoms with Crippen molar-refractivity contribution in [2.75, 3.05) is 36.5 Å². The molecule has 1 heterocycles. The van der Waals surface area contributed by atoms with Crippen LogP contribution in [0.15, 0.2) is 22.7 Å². The number of anilines is 2. The molecular weight excluding hydrogens is 296 g/mol. The molecule has 0 atom stereocenters. The Bertz CT molecular complexity index is 451. The van der Waals surface area contributed by atoms with Gasteiger partial charge in [0.25, 0.3) is 0 Å². The first-order valence-electron chi connectivity index (χ1n) is 6.05.